The van der Waals surface area contributed by atoms with Crippen LogP contribution >= 0.6 is 0 Å². The van der Waals surface area contributed by atoms with Crippen LogP contribution in [0.25, 0.3) is 0 Å². The van der Waals surface area contributed by atoms with Gasteiger partial charge in [0.15, 0.2) is 6.29 Å². The lowest BCUT2D eigenvalue weighted by Crippen LogP contribution is -2.56. The van der Waals surface area contributed by atoms with Crippen molar-refractivity contribution in [1.29, 1.82) is 0 Å². The molecule has 0 aromatic rings. The molecule has 0 bridgehead atoms. The second kappa shape index (κ2) is 15.1. The summed E-state index contributed by atoms with van der Waals surface area (Å²) in [4.78, 5) is 14.9. The molecule has 0 saturated carbocycles. The first-order chi connectivity index (χ1) is 18.6. The molecule has 232 valence electrons. The van der Waals surface area contributed by atoms with Gasteiger partial charge in [-0.05, 0) is 73.4 Å². The van der Waals surface area contributed by atoms with Crippen LogP contribution in [0, 0.1) is 17.8 Å². The maximum atomic E-state index is 12.9. The number of esters is 1. The Hall–Kier alpha value is -1.47. The summed E-state index contributed by atoms with van der Waals surface area (Å²) in [6.07, 6.45) is -2.13. The zero-order chi connectivity index (χ0) is 30.4. The number of likely N-dealkylation sites (N-methyl/N-ethyl adjacent to an activating group) is 1. The first kappa shape index (κ1) is 34.7. The third-order valence-corrected chi connectivity index (χ3v) is 8.13. The van der Waals surface area contributed by atoms with Crippen LogP contribution in [-0.4, -0.2) is 114 Å². The average molecular weight is 572 g/mol. The Morgan fingerprint density at radius 3 is 2.35 bits per heavy atom. The third-order valence-electron chi connectivity index (χ3n) is 8.13. The maximum Gasteiger partial charge on any atom is 0.308 e. The van der Waals surface area contributed by atoms with Crippen molar-refractivity contribution >= 4 is 17.4 Å². The Balaban J connectivity index is 2.47. The summed E-state index contributed by atoms with van der Waals surface area (Å²) < 4.78 is 24.0. The van der Waals surface area contributed by atoms with Crippen LogP contribution in [0.1, 0.15) is 74.1 Å². The zero-order valence-corrected chi connectivity index (χ0v) is 26.0. The van der Waals surface area contributed by atoms with Gasteiger partial charge in [0.2, 0.25) is 0 Å². The van der Waals surface area contributed by atoms with Gasteiger partial charge in [0.1, 0.15) is 18.3 Å². The number of methoxy groups -OCH3 is 1. The van der Waals surface area contributed by atoms with E-state index in [1.807, 2.05) is 46.7 Å². The normalized spacial score (nSPS) is 41.9. The largest absolute Gasteiger partial charge is 0.462 e. The van der Waals surface area contributed by atoms with Crippen molar-refractivity contribution in [2.75, 3.05) is 27.8 Å². The molecular formula is C29H53N3O8. The van der Waals surface area contributed by atoms with Crippen molar-refractivity contribution in [3.8, 4) is 0 Å². The number of carbonyl (C=O) groups is 1. The quantitative estimate of drug-likeness (QED) is 0.258. The molecule has 0 aromatic carbocycles. The standard InChI is InChI=1S/C29H53N3O8/c1-16(2)30-31-21-11-12-23(37-10)25(40-28-24(33)22(32(8)9)14-19(5)39-28)17(3)13-18(4)27(35)38-15-29(7,36)26(34)20(21)6/h17-20,22-26,28,33-34,36H,11-15H2,1-10H3/b31-21+/t17-,18?,19?,20?,22?,23?,24?,25+,26?,28?,29?/m0/s1. The van der Waals surface area contributed by atoms with Gasteiger partial charge in [0.05, 0.1) is 30.3 Å². The van der Waals surface area contributed by atoms with Crippen molar-refractivity contribution in [2.24, 2.45) is 28.0 Å². The van der Waals surface area contributed by atoms with Gasteiger partial charge in [0, 0.05) is 30.5 Å². The number of aliphatic hydroxyl groups is 3. The smallest absolute Gasteiger partial charge is 0.308 e. The van der Waals surface area contributed by atoms with E-state index in [4.69, 9.17) is 18.9 Å². The zero-order valence-electron chi connectivity index (χ0n) is 26.0. The number of nitrogens with zero attached hydrogens (tertiary/aromatic N) is 3. The minimum Gasteiger partial charge on any atom is -0.462 e. The van der Waals surface area contributed by atoms with E-state index >= 15 is 0 Å². The molecule has 0 amide bonds. The molecule has 2 aliphatic rings. The van der Waals surface area contributed by atoms with Gasteiger partial charge in [-0.2, -0.15) is 10.2 Å². The Bertz CT molecular complexity index is 875. The van der Waals surface area contributed by atoms with E-state index in [9.17, 15) is 20.1 Å². The van der Waals surface area contributed by atoms with Crippen LogP contribution < -0.4 is 0 Å². The molecule has 40 heavy (non-hydrogen) atoms. The van der Waals surface area contributed by atoms with Gasteiger partial charge in [-0.3, -0.25) is 4.79 Å². The number of carbonyl (C=O) groups excluding carboxylic acids is 1. The summed E-state index contributed by atoms with van der Waals surface area (Å²) >= 11 is 0. The van der Waals surface area contributed by atoms with E-state index < -0.39 is 54.1 Å². The maximum absolute atomic E-state index is 12.9. The summed E-state index contributed by atoms with van der Waals surface area (Å²) in [5.74, 6) is -1.75. The summed E-state index contributed by atoms with van der Waals surface area (Å²) in [6, 6.07) is -0.138. The predicted octanol–water partition coefficient (Wildman–Crippen LogP) is 2.40. The van der Waals surface area contributed by atoms with Gasteiger partial charge in [-0.15, -0.1) is 0 Å². The van der Waals surface area contributed by atoms with E-state index in [1.165, 1.54) is 6.92 Å². The van der Waals surface area contributed by atoms with Crippen LogP contribution in [0.5, 0.6) is 0 Å². The summed E-state index contributed by atoms with van der Waals surface area (Å²) in [5.41, 5.74) is -0.361. The Morgan fingerprint density at radius 1 is 1.12 bits per heavy atom. The van der Waals surface area contributed by atoms with Crippen LogP contribution in [0.3, 0.4) is 0 Å². The van der Waals surface area contributed by atoms with Gasteiger partial charge in [-0.1, -0.05) is 20.8 Å². The lowest BCUT2D eigenvalue weighted by atomic mass is 9.83. The van der Waals surface area contributed by atoms with Gasteiger partial charge in [0.25, 0.3) is 0 Å². The molecule has 2 heterocycles. The molecule has 0 spiro atoms. The molecule has 2 saturated heterocycles. The topological polar surface area (TPSA) is 143 Å². The van der Waals surface area contributed by atoms with E-state index in [0.29, 0.717) is 31.4 Å². The summed E-state index contributed by atoms with van der Waals surface area (Å²) in [5, 5.41) is 41.9. The first-order valence-corrected chi connectivity index (χ1v) is 14.4. The third kappa shape index (κ3) is 9.27. The highest BCUT2D eigenvalue weighted by Gasteiger charge is 2.43. The molecule has 2 fully saturated rings. The monoisotopic (exact) mass is 571 g/mol. The highest BCUT2D eigenvalue weighted by atomic mass is 16.7. The second-order valence-corrected chi connectivity index (χ2v) is 12.4. The van der Waals surface area contributed by atoms with Gasteiger partial charge in [-0.25, -0.2) is 0 Å². The molecular weight excluding hydrogens is 518 g/mol. The average Bonchev–Trinajstić information content (AvgIpc) is 2.88. The highest BCUT2D eigenvalue weighted by molar-refractivity contribution is 5.88. The predicted molar refractivity (Wildman–Crippen MR) is 153 cm³/mol. The molecule has 11 nitrogen and oxygen atoms in total. The Labute approximate surface area is 239 Å². The lowest BCUT2D eigenvalue weighted by molar-refractivity contribution is -0.285. The minimum atomic E-state index is -1.68. The Morgan fingerprint density at radius 2 is 1.77 bits per heavy atom. The van der Waals surface area contributed by atoms with Crippen LogP contribution in [0.2, 0.25) is 0 Å². The van der Waals surface area contributed by atoms with E-state index in [2.05, 4.69) is 10.2 Å². The number of cyclic esters (lactones) is 1. The fraction of sp³-hybridized carbons (Fsp3) is 0.897. The van der Waals surface area contributed by atoms with Crippen LogP contribution in [0.15, 0.2) is 10.2 Å². The fourth-order valence-electron chi connectivity index (χ4n) is 5.59. The molecule has 11 heteroatoms. The molecule has 2 aliphatic heterocycles. The molecule has 3 N–H and O–H groups in total. The minimum absolute atomic E-state index is 0.117. The highest BCUT2D eigenvalue weighted by Crippen LogP contribution is 2.32. The number of hydrogen-bond donors (Lipinski definition) is 3. The van der Waals surface area contributed by atoms with E-state index in [-0.39, 0.29) is 24.7 Å². The molecule has 9 unspecified atom stereocenters. The van der Waals surface area contributed by atoms with Crippen molar-refractivity contribution in [3.05, 3.63) is 0 Å². The second-order valence-electron chi connectivity index (χ2n) is 12.4. The Kier molecular flexibility index (Phi) is 13.1. The molecule has 2 rings (SSSR count). The molecule has 0 aromatic heterocycles. The number of rotatable bonds is 5. The fourth-order valence-corrected chi connectivity index (χ4v) is 5.59. The van der Waals surface area contributed by atoms with Crippen molar-refractivity contribution in [2.45, 2.75) is 123 Å². The van der Waals surface area contributed by atoms with E-state index in [1.54, 1.807) is 21.0 Å². The van der Waals surface area contributed by atoms with Crippen LogP contribution in [0.4, 0.5) is 0 Å². The van der Waals surface area contributed by atoms with E-state index in [0.717, 1.165) is 5.71 Å². The van der Waals surface area contributed by atoms with Gasteiger partial charge >= 0.3 is 5.97 Å². The first-order valence-electron chi connectivity index (χ1n) is 14.4. The lowest BCUT2D eigenvalue weighted by Gasteiger charge is -2.44. The molecule has 11 atom stereocenters. The SMILES string of the molecule is COC1CC/C(=N\N=C(C)C)C(C)C(O)C(C)(O)COC(=O)C(C)C[C@H](C)[C@H]1OC1OC(C)CC(N(C)C)C1O. The van der Waals surface area contributed by atoms with Crippen molar-refractivity contribution in [3.63, 3.8) is 0 Å². The van der Waals surface area contributed by atoms with Crippen molar-refractivity contribution < 1.29 is 39.1 Å². The molecule has 0 aliphatic carbocycles. The summed E-state index contributed by atoms with van der Waals surface area (Å²) in [6.45, 7) is 12.2. The number of hydrogen-bond acceptors (Lipinski definition) is 11. The van der Waals surface area contributed by atoms with Gasteiger partial charge < -0.3 is 39.2 Å². The number of ether oxygens (including phenoxy) is 4. The van der Waals surface area contributed by atoms with Crippen molar-refractivity contribution in [1.82, 2.24) is 4.90 Å². The number of aliphatic hydroxyl groups excluding tert-OH is 2. The molecule has 0 radical (unpaired) electrons. The van der Waals surface area contributed by atoms with Crippen LogP contribution in [-0.2, 0) is 23.7 Å². The summed E-state index contributed by atoms with van der Waals surface area (Å²) in [7, 11) is 5.45.